The molecule has 3 N–H and O–H groups in total. The first-order valence-electron chi connectivity index (χ1n) is 15.6. The first-order chi connectivity index (χ1) is 17.7. The van der Waals surface area contributed by atoms with E-state index in [4.69, 9.17) is 10.5 Å². The molecule has 1 aromatic rings. The maximum atomic E-state index is 6.63. The lowest BCUT2D eigenvalue weighted by molar-refractivity contribution is -0.0240. The van der Waals surface area contributed by atoms with E-state index in [0.717, 1.165) is 59.1 Å². The largest absolute Gasteiger partial charge is 0.488 e. The third-order valence-corrected chi connectivity index (χ3v) is 12.0. The minimum absolute atomic E-state index is 0.284. The number of hydrogen-bond donors (Lipinski definition) is 2. The first kappa shape index (κ1) is 26.9. The van der Waals surface area contributed by atoms with Crippen molar-refractivity contribution in [1.82, 2.24) is 0 Å². The number of nitrogens with two attached hydrogens (primary N) is 1. The molecule has 1 spiro atoms. The molecule has 4 aliphatic carbocycles. The Morgan fingerprint density at radius 1 is 1.05 bits per heavy atom. The minimum Gasteiger partial charge on any atom is -0.488 e. The molecule has 0 radical (unpaired) electrons. The Hall–Kier alpha value is -1.64. The molecule has 5 rings (SSSR count). The van der Waals surface area contributed by atoms with Crippen LogP contribution in [0.3, 0.4) is 0 Å². The van der Waals surface area contributed by atoms with Crippen LogP contribution in [0.1, 0.15) is 98.8 Å². The van der Waals surface area contributed by atoms with Crippen LogP contribution >= 0.6 is 0 Å². The maximum absolute atomic E-state index is 6.63. The van der Waals surface area contributed by atoms with Gasteiger partial charge in [0.2, 0.25) is 0 Å². The van der Waals surface area contributed by atoms with Crippen molar-refractivity contribution >= 4 is 11.4 Å². The number of ether oxygens (including phenoxy) is 1. The quantitative estimate of drug-likeness (QED) is 0.273. The molecule has 1 aromatic carbocycles. The van der Waals surface area contributed by atoms with Crippen molar-refractivity contribution in [3.8, 4) is 5.75 Å². The summed E-state index contributed by atoms with van der Waals surface area (Å²) in [4.78, 5) is 0. The summed E-state index contributed by atoms with van der Waals surface area (Å²) >= 11 is 0. The van der Waals surface area contributed by atoms with Crippen LogP contribution in [0.2, 0.25) is 0 Å². The van der Waals surface area contributed by atoms with Gasteiger partial charge in [-0.3, -0.25) is 0 Å². The third-order valence-electron chi connectivity index (χ3n) is 12.0. The maximum Gasteiger partial charge on any atom is 0.142 e. The fourth-order valence-electron chi connectivity index (χ4n) is 9.83. The number of fused-ring (bicyclic) bond motifs is 3. The highest BCUT2D eigenvalue weighted by atomic mass is 16.5. The lowest BCUT2D eigenvalue weighted by Crippen LogP contribution is -2.47. The molecular formula is C34H54N2O. The van der Waals surface area contributed by atoms with Gasteiger partial charge >= 0.3 is 0 Å². The normalized spacial score (nSPS) is 39.5. The van der Waals surface area contributed by atoms with Gasteiger partial charge in [-0.1, -0.05) is 66.0 Å². The Morgan fingerprint density at radius 2 is 1.86 bits per heavy atom. The van der Waals surface area contributed by atoms with E-state index in [2.05, 4.69) is 52.1 Å². The van der Waals surface area contributed by atoms with Gasteiger partial charge in [0, 0.05) is 12.7 Å². The van der Waals surface area contributed by atoms with Gasteiger partial charge < -0.3 is 15.8 Å². The smallest absolute Gasteiger partial charge is 0.142 e. The number of anilines is 2. The molecule has 3 heteroatoms. The molecule has 0 amide bonds. The molecule has 206 valence electrons. The van der Waals surface area contributed by atoms with Gasteiger partial charge in [-0.15, -0.1) is 0 Å². The second kappa shape index (κ2) is 10.5. The minimum atomic E-state index is 0.284. The number of nitrogens with one attached hydrogen (secondary N) is 1. The average molecular weight is 507 g/mol. The lowest BCUT2D eigenvalue weighted by Gasteiger charge is -2.53. The Morgan fingerprint density at radius 3 is 2.62 bits per heavy atom. The number of benzene rings is 1. The Labute approximate surface area is 227 Å². The van der Waals surface area contributed by atoms with E-state index < -0.39 is 0 Å². The van der Waals surface area contributed by atoms with Gasteiger partial charge in [0.05, 0.1) is 11.8 Å². The summed E-state index contributed by atoms with van der Waals surface area (Å²) in [6.45, 7) is 12.7. The van der Waals surface area contributed by atoms with Crippen LogP contribution in [0.5, 0.6) is 5.75 Å². The summed E-state index contributed by atoms with van der Waals surface area (Å²) < 4.78 is 6.63. The zero-order valence-electron chi connectivity index (χ0n) is 24.6. The fourth-order valence-corrected chi connectivity index (χ4v) is 9.83. The van der Waals surface area contributed by atoms with Gasteiger partial charge in [-0.05, 0) is 115 Å². The number of allylic oxidation sites excluding steroid dienone is 2. The molecule has 0 saturated heterocycles. The van der Waals surface area contributed by atoms with Gasteiger partial charge in [0.1, 0.15) is 5.75 Å². The zero-order chi connectivity index (χ0) is 26.4. The molecule has 0 aliphatic heterocycles. The van der Waals surface area contributed by atoms with E-state index >= 15 is 0 Å². The van der Waals surface area contributed by atoms with Gasteiger partial charge in [-0.2, -0.15) is 0 Å². The van der Waals surface area contributed by atoms with E-state index in [1.807, 2.05) is 25.2 Å². The van der Waals surface area contributed by atoms with Crippen LogP contribution in [0, 0.1) is 52.3 Å². The lowest BCUT2D eigenvalue weighted by atomic mass is 9.52. The highest BCUT2D eigenvalue weighted by molar-refractivity contribution is 5.63. The van der Waals surface area contributed by atoms with Crippen molar-refractivity contribution < 1.29 is 4.74 Å². The average Bonchev–Trinajstić information content (AvgIpc) is 3.19. The highest BCUT2D eigenvalue weighted by Gasteiger charge is 2.60. The van der Waals surface area contributed by atoms with Gasteiger partial charge in [0.15, 0.2) is 0 Å². The predicted octanol–water partition coefficient (Wildman–Crippen LogP) is 8.96. The highest BCUT2D eigenvalue weighted by Crippen LogP contribution is 2.67. The number of nitrogen functional groups attached to an aromatic ring is 1. The van der Waals surface area contributed by atoms with Crippen molar-refractivity contribution in [3.63, 3.8) is 0 Å². The molecule has 9 atom stereocenters. The van der Waals surface area contributed by atoms with Crippen molar-refractivity contribution in [2.75, 3.05) is 18.1 Å². The topological polar surface area (TPSA) is 47.3 Å². The summed E-state index contributed by atoms with van der Waals surface area (Å²) in [6.07, 6.45) is 19.3. The molecule has 2 bridgehead atoms. The van der Waals surface area contributed by atoms with E-state index in [-0.39, 0.29) is 6.10 Å². The molecular weight excluding hydrogens is 452 g/mol. The van der Waals surface area contributed by atoms with Crippen molar-refractivity contribution in [1.29, 1.82) is 0 Å². The molecule has 3 saturated carbocycles. The zero-order valence-corrected chi connectivity index (χ0v) is 24.6. The molecule has 4 aliphatic rings. The van der Waals surface area contributed by atoms with E-state index in [1.54, 1.807) is 0 Å². The summed E-state index contributed by atoms with van der Waals surface area (Å²) in [5.74, 6) is 6.63. The molecule has 3 fully saturated rings. The third kappa shape index (κ3) is 4.82. The van der Waals surface area contributed by atoms with Crippen LogP contribution in [0.15, 0.2) is 30.4 Å². The predicted molar refractivity (Wildman–Crippen MR) is 158 cm³/mol. The standard InChI is InChI=1S/C34H54N2O/c1-22(2)8-7-9-23(3)29-13-14-30-28-12-10-25-20-27(37-32-15-11-26(35)21-31(32)36-6)16-17-34(25,24(28)4)19-18-33(29,30)5/h10-12,15,21-25,27-30,36H,7-9,13-14,16-20,35H2,1-6H3. The number of rotatable bonds is 8. The molecule has 0 heterocycles. The van der Waals surface area contributed by atoms with Crippen molar-refractivity contribution in [2.45, 2.75) is 105 Å². The Bertz CT molecular complexity index is 971. The fraction of sp³-hybridized carbons (Fsp3) is 0.765. The van der Waals surface area contributed by atoms with Gasteiger partial charge in [0.25, 0.3) is 0 Å². The molecule has 37 heavy (non-hydrogen) atoms. The SMILES string of the molecule is CNc1cc(N)ccc1OC1CCC23CCC4(C)C(C(C)CCCC(C)C)CCC4C(C=CC2C1)C3C. The second-order valence-electron chi connectivity index (χ2n) is 14.2. The van der Waals surface area contributed by atoms with Crippen LogP contribution in [0.25, 0.3) is 0 Å². The summed E-state index contributed by atoms with van der Waals surface area (Å²) in [5.41, 5.74) is 8.77. The molecule has 3 nitrogen and oxygen atoms in total. The van der Waals surface area contributed by atoms with Crippen LogP contribution in [-0.4, -0.2) is 13.2 Å². The molecule has 9 unspecified atom stereocenters. The Kier molecular flexibility index (Phi) is 7.64. The Balaban J connectivity index is 1.32. The number of hydrogen-bond acceptors (Lipinski definition) is 3. The molecule has 0 aromatic heterocycles. The van der Waals surface area contributed by atoms with Crippen LogP contribution in [0.4, 0.5) is 11.4 Å². The second-order valence-corrected chi connectivity index (χ2v) is 14.2. The first-order valence-corrected chi connectivity index (χ1v) is 15.6. The van der Waals surface area contributed by atoms with Crippen LogP contribution in [-0.2, 0) is 0 Å². The van der Waals surface area contributed by atoms with Crippen LogP contribution < -0.4 is 15.8 Å². The van der Waals surface area contributed by atoms with E-state index in [9.17, 15) is 0 Å². The van der Waals surface area contributed by atoms with Gasteiger partial charge in [-0.25, -0.2) is 0 Å². The summed E-state index contributed by atoms with van der Waals surface area (Å²) in [6, 6.07) is 5.98. The summed E-state index contributed by atoms with van der Waals surface area (Å²) in [7, 11) is 1.95. The van der Waals surface area contributed by atoms with E-state index in [1.165, 1.54) is 57.8 Å². The summed E-state index contributed by atoms with van der Waals surface area (Å²) in [5, 5.41) is 3.27. The van der Waals surface area contributed by atoms with Crippen molar-refractivity contribution in [2.24, 2.45) is 52.3 Å². The van der Waals surface area contributed by atoms with Crippen molar-refractivity contribution in [3.05, 3.63) is 30.4 Å². The monoisotopic (exact) mass is 506 g/mol. The van der Waals surface area contributed by atoms with E-state index in [0.29, 0.717) is 16.7 Å².